The molecule has 0 bridgehead atoms. The number of fused-ring (bicyclic) bond motifs is 3. The molecule has 0 spiro atoms. The second-order valence-corrected chi connectivity index (χ2v) is 8.82. The molecule has 0 saturated heterocycles. The van der Waals surface area contributed by atoms with Gasteiger partial charge in [0.25, 0.3) is 0 Å². The molecule has 134 valence electrons. The van der Waals surface area contributed by atoms with E-state index in [2.05, 4.69) is 20.8 Å². The van der Waals surface area contributed by atoms with Gasteiger partial charge in [0, 0.05) is 17.9 Å². The van der Waals surface area contributed by atoms with Gasteiger partial charge in [-0.15, -0.1) is 0 Å². The van der Waals surface area contributed by atoms with Gasteiger partial charge in [0.15, 0.2) is 0 Å². The van der Waals surface area contributed by atoms with Crippen molar-refractivity contribution in [2.75, 3.05) is 7.11 Å². The van der Waals surface area contributed by atoms with Crippen molar-refractivity contribution in [3.05, 3.63) is 11.6 Å². The predicted molar refractivity (Wildman–Crippen MR) is 91.2 cm³/mol. The summed E-state index contributed by atoms with van der Waals surface area (Å²) in [6.45, 7) is 6.66. The molecule has 2 saturated carbocycles. The van der Waals surface area contributed by atoms with Crippen LogP contribution in [-0.2, 0) is 14.3 Å². The third kappa shape index (κ3) is 2.54. The monoisotopic (exact) mass is 334 g/mol. The highest BCUT2D eigenvalue weighted by molar-refractivity contribution is 5.97. The maximum absolute atomic E-state index is 12.8. The number of carbonyl (C=O) groups excluding carboxylic acids is 2. The maximum Gasteiger partial charge on any atom is 0.333 e. The van der Waals surface area contributed by atoms with Crippen LogP contribution in [-0.4, -0.2) is 30.1 Å². The van der Waals surface area contributed by atoms with E-state index in [1.165, 1.54) is 7.11 Å². The van der Waals surface area contributed by atoms with Crippen molar-refractivity contribution in [2.45, 2.75) is 65.4 Å². The smallest absolute Gasteiger partial charge is 0.333 e. The van der Waals surface area contributed by atoms with Crippen molar-refractivity contribution in [2.24, 2.45) is 28.6 Å². The second kappa shape index (κ2) is 5.98. The lowest BCUT2D eigenvalue weighted by Gasteiger charge is -2.60. The molecule has 0 aromatic heterocycles. The SMILES string of the molecule is COC(=O)C1=CCC2C(CCC3C(C)(C)C(O)CCC23C)C(=O)C1. The molecule has 4 nitrogen and oxygen atoms in total. The molecule has 24 heavy (non-hydrogen) atoms. The molecular weight excluding hydrogens is 304 g/mol. The Morgan fingerprint density at radius 2 is 1.96 bits per heavy atom. The number of carbonyl (C=O) groups is 2. The van der Waals surface area contributed by atoms with Crippen molar-refractivity contribution < 1.29 is 19.4 Å². The van der Waals surface area contributed by atoms with Gasteiger partial charge < -0.3 is 9.84 Å². The summed E-state index contributed by atoms with van der Waals surface area (Å²) in [4.78, 5) is 24.7. The van der Waals surface area contributed by atoms with Gasteiger partial charge in [0.2, 0.25) is 0 Å². The van der Waals surface area contributed by atoms with E-state index >= 15 is 0 Å². The van der Waals surface area contributed by atoms with Crippen molar-refractivity contribution >= 4 is 11.8 Å². The molecule has 5 unspecified atom stereocenters. The van der Waals surface area contributed by atoms with Crippen molar-refractivity contribution in [3.8, 4) is 0 Å². The topological polar surface area (TPSA) is 63.6 Å². The minimum atomic E-state index is -0.372. The lowest BCUT2D eigenvalue weighted by atomic mass is 9.45. The van der Waals surface area contributed by atoms with E-state index in [4.69, 9.17) is 4.74 Å². The number of esters is 1. The van der Waals surface area contributed by atoms with E-state index in [9.17, 15) is 14.7 Å². The Hall–Kier alpha value is -1.16. The number of rotatable bonds is 1. The zero-order valence-electron chi connectivity index (χ0n) is 15.3. The minimum absolute atomic E-state index is 0.0377. The first-order chi connectivity index (χ1) is 11.2. The van der Waals surface area contributed by atoms with Gasteiger partial charge in [0.1, 0.15) is 5.78 Å². The zero-order chi connectivity index (χ0) is 17.7. The number of allylic oxidation sites excluding steroid dienone is 1. The van der Waals surface area contributed by atoms with Gasteiger partial charge in [0.05, 0.1) is 13.2 Å². The first-order valence-electron chi connectivity index (χ1n) is 9.20. The summed E-state index contributed by atoms with van der Waals surface area (Å²) in [5.74, 6) is 0.533. The van der Waals surface area contributed by atoms with E-state index in [1.807, 2.05) is 6.08 Å². The fourth-order valence-electron chi connectivity index (χ4n) is 5.99. The van der Waals surface area contributed by atoms with E-state index < -0.39 is 0 Å². The third-order valence-corrected chi connectivity index (χ3v) is 7.45. The Morgan fingerprint density at radius 3 is 2.62 bits per heavy atom. The highest BCUT2D eigenvalue weighted by atomic mass is 16.5. The minimum Gasteiger partial charge on any atom is -0.466 e. The number of hydrogen-bond donors (Lipinski definition) is 1. The second-order valence-electron chi connectivity index (χ2n) is 8.82. The maximum atomic E-state index is 12.8. The van der Waals surface area contributed by atoms with Crippen LogP contribution in [0.15, 0.2) is 11.6 Å². The van der Waals surface area contributed by atoms with Gasteiger partial charge in [-0.3, -0.25) is 4.79 Å². The Kier molecular flexibility index (Phi) is 4.40. The summed E-state index contributed by atoms with van der Waals surface area (Å²) < 4.78 is 4.83. The molecule has 3 aliphatic rings. The average molecular weight is 334 g/mol. The number of ketones is 1. The number of ether oxygens (including phenoxy) is 1. The fraction of sp³-hybridized carbons (Fsp3) is 0.800. The Balaban J connectivity index is 1.95. The molecule has 0 aromatic carbocycles. The summed E-state index contributed by atoms with van der Waals surface area (Å²) in [5, 5.41) is 10.5. The number of aliphatic hydroxyl groups is 1. The Labute approximate surface area is 144 Å². The molecule has 0 amide bonds. The zero-order valence-corrected chi connectivity index (χ0v) is 15.3. The number of Topliss-reactive ketones (excluding diaryl/α,β-unsaturated/α-hetero) is 1. The molecule has 0 radical (unpaired) electrons. The first kappa shape index (κ1) is 17.7. The van der Waals surface area contributed by atoms with Crippen LogP contribution in [0.3, 0.4) is 0 Å². The fourth-order valence-corrected chi connectivity index (χ4v) is 5.99. The van der Waals surface area contributed by atoms with Gasteiger partial charge in [-0.2, -0.15) is 0 Å². The predicted octanol–water partition coefficient (Wildman–Crippen LogP) is 3.28. The van der Waals surface area contributed by atoms with Crippen LogP contribution in [0.5, 0.6) is 0 Å². The van der Waals surface area contributed by atoms with Gasteiger partial charge in [-0.25, -0.2) is 4.79 Å². The molecule has 0 heterocycles. The molecule has 4 heteroatoms. The molecule has 3 rings (SSSR count). The Morgan fingerprint density at radius 1 is 1.25 bits per heavy atom. The van der Waals surface area contributed by atoms with Crippen molar-refractivity contribution in [1.29, 1.82) is 0 Å². The van der Waals surface area contributed by atoms with E-state index in [0.29, 0.717) is 11.5 Å². The molecule has 0 aromatic rings. The normalized spacial score (nSPS) is 41.5. The number of aliphatic hydroxyl groups excluding tert-OH is 1. The van der Waals surface area contributed by atoms with Gasteiger partial charge >= 0.3 is 5.97 Å². The molecular formula is C20H30O4. The summed E-state index contributed by atoms with van der Waals surface area (Å²) in [6, 6.07) is 0. The molecule has 5 atom stereocenters. The summed E-state index contributed by atoms with van der Waals surface area (Å²) in [5.41, 5.74) is 0.443. The number of hydrogen-bond acceptors (Lipinski definition) is 4. The van der Waals surface area contributed by atoms with E-state index in [1.54, 1.807) is 0 Å². The highest BCUT2D eigenvalue weighted by Gasteiger charge is 2.58. The van der Waals surface area contributed by atoms with Crippen LogP contribution in [0.4, 0.5) is 0 Å². The largest absolute Gasteiger partial charge is 0.466 e. The van der Waals surface area contributed by atoms with E-state index in [-0.39, 0.29) is 46.9 Å². The van der Waals surface area contributed by atoms with Crippen molar-refractivity contribution in [1.82, 2.24) is 0 Å². The summed E-state index contributed by atoms with van der Waals surface area (Å²) >= 11 is 0. The summed E-state index contributed by atoms with van der Waals surface area (Å²) in [6.07, 6.45) is 6.27. The molecule has 3 aliphatic carbocycles. The third-order valence-electron chi connectivity index (χ3n) is 7.45. The van der Waals surface area contributed by atoms with E-state index in [0.717, 1.165) is 32.1 Å². The lowest BCUT2D eigenvalue weighted by molar-refractivity contribution is -0.158. The van der Waals surface area contributed by atoms with Crippen molar-refractivity contribution in [3.63, 3.8) is 0 Å². The molecule has 1 N–H and O–H groups in total. The van der Waals surface area contributed by atoms with Crippen LogP contribution in [0.25, 0.3) is 0 Å². The van der Waals surface area contributed by atoms with Gasteiger partial charge in [-0.1, -0.05) is 26.8 Å². The first-order valence-corrected chi connectivity index (χ1v) is 9.20. The average Bonchev–Trinajstić information content (AvgIpc) is 2.71. The van der Waals surface area contributed by atoms with Crippen LogP contribution in [0.1, 0.15) is 59.3 Å². The van der Waals surface area contributed by atoms with Crippen LogP contribution in [0, 0.1) is 28.6 Å². The summed E-state index contributed by atoms with van der Waals surface area (Å²) in [7, 11) is 1.37. The van der Waals surface area contributed by atoms with Gasteiger partial charge in [-0.05, 0) is 54.8 Å². The Bertz CT molecular complexity index is 576. The number of methoxy groups -OCH3 is 1. The molecule has 2 fully saturated rings. The van der Waals surface area contributed by atoms with Crippen LogP contribution >= 0.6 is 0 Å². The quantitative estimate of drug-likeness (QED) is 0.748. The van der Waals surface area contributed by atoms with Crippen LogP contribution in [0.2, 0.25) is 0 Å². The lowest BCUT2D eigenvalue weighted by Crippen LogP contribution is -2.56. The van der Waals surface area contributed by atoms with Crippen LogP contribution < -0.4 is 0 Å². The standard InChI is InChI=1S/C20H30O4/c1-19(2)16-8-6-13-14(20(16,3)10-9-17(19)22)7-5-12(11-15(13)21)18(23)24-4/h5,13-14,16-17,22H,6-11H2,1-4H3. The highest BCUT2D eigenvalue weighted by Crippen LogP contribution is 2.62. The molecule has 0 aliphatic heterocycles.